The Kier molecular flexibility index (Phi) is 7.44. The molecule has 0 aliphatic carbocycles. The SMILES string of the molecule is O=C(CCCOc1ccccc1)Nc1ccc(CNC(=O)C2CCNC2)cc1. The van der Waals surface area contributed by atoms with Gasteiger partial charge in [-0.25, -0.2) is 0 Å². The predicted molar refractivity (Wildman–Crippen MR) is 109 cm³/mol. The number of amides is 2. The smallest absolute Gasteiger partial charge is 0.224 e. The Bertz CT molecular complexity index is 756. The normalized spacial score (nSPS) is 15.8. The van der Waals surface area contributed by atoms with Crippen molar-refractivity contribution in [1.82, 2.24) is 10.6 Å². The summed E-state index contributed by atoms with van der Waals surface area (Å²) < 4.78 is 5.59. The lowest BCUT2D eigenvalue weighted by Gasteiger charge is -2.11. The number of rotatable bonds is 9. The van der Waals surface area contributed by atoms with Gasteiger partial charge in [0.1, 0.15) is 5.75 Å². The quantitative estimate of drug-likeness (QED) is 0.584. The Labute approximate surface area is 165 Å². The van der Waals surface area contributed by atoms with Crippen LogP contribution in [0.25, 0.3) is 0 Å². The predicted octanol–water partition coefficient (Wildman–Crippen LogP) is 2.71. The van der Waals surface area contributed by atoms with Crippen molar-refractivity contribution in [2.75, 3.05) is 25.0 Å². The summed E-state index contributed by atoms with van der Waals surface area (Å²) in [5.41, 5.74) is 1.76. The molecule has 148 valence electrons. The first-order chi connectivity index (χ1) is 13.7. The molecule has 0 radical (unpaired) electrons. The highest BCUT2D eigenvalue weighted by Crippen LogP contribution is 2.12. The summed E-state index contributed by atoms with van der Waals surface area (Å²) >= 11 is 0. The highest BCUT2D eigenvalue weighted by molar-refractivity contribution is 5.90. The molecule has 2 aromatic rings. The van der Waals surface area contributed by atoms with E-state index in [1.54, 1.807) is 0 Å². The Morgan fingerprint density at radius 3 is 2.57 bits per heavy atom. The van der Waals surface area contributed by atoms with Crippen LogP contribution >= 0.6 is 0 Å². The zero-order valence-corrected chi connectivity index (χ0v) is 15.9. The molecule has 0 saturated carbocycles. The molecule has 3 rings (SSSR count). The summed E-state index contributed by atoms with van der Waals surface area (Å²) in [7, 11) is 0. The van der Waals surface area contributed by atoms with Crippen molar-refractivity contribution in [3.63, 3.8) is 0 Å². The van der Waals surface area contributed by atoms with Crippen LogP contribution in [0.1, 0.15) is 24.8 Å². The lowest BCUT2D eigenvalue weighted by molar-refractivity contribution is -0.124. The van der Waals surface area contributed by atoms with Crippen LogP contribution in [0.2, 0.25) is 0 Å². The fraction of sp³-hybridized carbons (Fsp3) is 0.364. The minimum absolute atomic E-state index is 0.0357. The number of benzene rings is 2. The molecule has 0 aromatic heterocycles. The van der Waals surface area contributed by atoms with Gasteiger partial charge < -0.3 is 20.7 Å². The van der Waals surface area contributed by atoms with Crippen LogP contribution in [0.3, 0.4) is 0 Å². The molecule has 1 heterocycles. The highest BCUT2D eigenvalue weighted by atomic mass is 16.5. The van der Waals surface area contributed by atoms with Gasteiger partial charge in [-0.05, 0) is 49.2 Å². The van der Waals surface area contributed by atoms with Gasteiger partial charge in [0.05, 0.1) is 12.5 Å². The second-order valence-corrected chi connectivity index (χ2v) is 6.92. The molecule has 6 heteroatoms. The van der Waals surface area contributed by atoms with Gasteiger partial charge in [-0.3, -0.25) is 9.59 Å². The molecule has 1 unspecified atom stereocenters. The lowest BCUT2D eigenvalue weighted by Crippen LogP contribution is -2.31. The van der Waals surface area contributed by atoms with E-state index in [0.717, 1.165) is 36.5 Å². The number of hydrogen-bond donors (Lipinski definition) is 3. The second kappa shape index (κ2) is 10.5. The summed E-state index contributed by atoms with van der Waals surface area (Å²) in [6.07, 6.45) is 1.95. The van der Waals surface area contributed by atoms with Gasteiger partial charge in [0.15, 0.2) is 0 Å². The van der Waals surface area contributed by atoms with E-state index in [1.165, 1.54) is 0 Å². The van der Waals surface area contributed by atoms with E-state index < -0.39 is 0 Å². The van der Waals surface area contributed by atoms with Crippen LogP contribution in [-0.4, -0.2) is 31.5 Å². The van der Waals surface area contributed by atoms with E-state index >= 15 is 0 Å². The number of anilines is 1. The number of ether oxygens (including phenoxy) is 1. The summed E-state index contributed by atoms with van der Waals surface area (Å²) in [5.74, 6) is 0.950. The maximum Gasteiger partial charge on any atom is 0.224 e. The van der Waals surface area contributed by atoms with E-state index in [2.05, 4.69) is 16.0 Å². The van der Waals surface area contributed by atoms with Crippen molar-refractivity contribution in [2.45, 2.75) is 25.8 Å². The summed E-state index contributed by atoms with van der Waals surface area (Å²) in [6.45, 7) is 2.67. The monoisotopic (exact) mass is 381 g/mol. The van der Waals surface area contributed by atoms with Crippen LogP contribution < -0.4 is 20.7 Å². The molecule has 1 saturated heterocycles. The molecule has 1 atom stereocenters. The number of carbonyl (C=O) groups is 2. The summed E-state index contributed by atoms with van der Waals surface area (Å²) in [6, 6.07) is 17.1. The van der Waals surface area contributed by atoms with Gasteiger partial charge in [-0.2, -0.15) is 0 Å². The van der Waals surface area contributed by atoms with Crippen molar-refractivity contribution in [1.29, 1.82) is 0 Å². The van der Waals surface area contributed by atoms with Crippen LogP contribution in [0.5, 0.6) is 5.75 Å². The number of carbonyl (C=O) groups excluding carboxylic acids is 2. The van der Waals surface area contributed by atoms with Crippen LogP contribution in [0.4, 0.5) is 5.69 Å². The third kappa shape index (κ3) is 6.39. The van der Waals surface area contributed by atoms with Gasteiger partial charge in [-0.1, -0.05) is 30.3 Å². The average molecular weight is 381 g/mol. The van der Waals surface area contributed by atoms with Gasteiger partial charge in [0, 0.05) is 25.2 Å². The molecular weight excluding hydrogens is 354 g/mol. The molecule has 3 N–H and O–H groups in total. The molecule has 28 heavy (non-hydrogen) atoms. The molecule has 6 nitrogen and oxygen atoms in total. The zero-order valence-electron chi connectivity index (χ0n) is 15.9. The van der Waals surface area contributed by atoms with Gasteiger partial charge in [0.25, 0.3) is 0 Å². The Balaban J connectivity index is 1.34. The molecule has 2 amide bonds. The van der Waals surface area contributed by atoms with Crippen molar-refractivity contribution < 1.29 is 14.3 Å². The van der Waals surface area contributed by atoms with E-state index in [4.69, 9.17) is 4.74 Å². The second-order valence-electron chi connectivity index (χ2n) is 6.92. The Hall–Kier alpha value is -2.86. The first-order valence-electron chi connectivity index (χ1n) is 9.76. The van der Waals surface area contributed by atoms with E-state index in [-0.39, 0.29) is 17.7 Å². The standard InChI is InChI=1S/C22H27N3O3/c26-21(7-4-14-28-20-5-2-1-3-6-20)25-19-10-8-17(9-11-19)15-24-22(27)18-12-13-23-16-18/h1-3,5-6,8-11,18,23H,4,7,12-16H2,(H,24,27)(H,25,26). The zero-order chi connectivity index (χ0) is 19.6. The molecule has 2 aromatic carbocycles. The van der Waals surface area contributed by atoms with Crippen LogP contribution in [0, 0.1) is 5.92 Å². The maximum absolute atomic E-state index is 12.0. The highest BCUT2D eigenvalue weighted by Gasteiger charge is 2.21. The van der Waals surface area contributed by atoms with Crippen molar-refractivity contribution >= 4 is 17.5 Å². The molecule has 0 spiro atoms. The molecule has 1 fully saturated rings. The average Bonchev–Trinajstić information content (AvgIpc) is 3.26. The van der Waals surface area contributed by atoms with E-state index in [1.807, 2.05) is 54.6 Å². The fourth-order valence-corrected chi connectivity index (χ4v) is 3.08. The third-order valence-corrected chi connectivity index (χ3v) is 4.70. The summed E-state index contributed by atoms with van der Waals surface area (Å²) in [5, 5.41) is 9.05. The fourth-order valence-electron chi connectivity index (χ4n) is 3.08. The molecule has 1 aliphatic rings. The Morgan fingerprint density at radius 2 is 1.86 bits per heavy atom. The van der Waals surface area contributed by atoms with Gasteiger partial charge in [0.2, 0.25) is 11.8 Å². The largest absolute Gasteiger partial charge is 0.494 e. The van der Waals surface area contributed by atoms with Crippen LogP contribution in [0.15, 0.2) is 54.6 Å². The number of nitrogens with one attached hydrogen (secondary N) is 3. The van der Waals surface area contributed by atoms with Crippen molar-refractivity contribution in [3.8, 4) is 5.75 Å². The third-order valence-electron chi connectivity index (χ3n) is 4.70. The molecule has 1 aliphatic heterocycles. The molecule has 0 bridgehead atoms. The van der Waals surface area contributed by atoms with Crippen molar-refractivity contribution in [3.05, 3.63) is 60.2 Å². The first kappa shape index (κ1) is 19.9. The topological polar surface area (TPSA) is 79.5 Å². The number of para-hydroxylation sites is 1. The Morgan fingerprint density at radius 1 is 1.07 bits per heavy atom. The van der Waals surface area contributed by atoms with E-state index in [0.29, 0.717) is 26.0 Å². The van der Waals surface area contributed by atoms with E-state index in [9.17, 15) is 9.59 Å². The van der Waals surface area contributed by atoms with Gasteiger partial charge in [-0.15, -0.1) is 0 Å². The lowest BCUT2D eigenvalue weighted by atomic mass is 10.1. The van der Waals surface area contributed by atoms with Crippen molar-refractivity contribution in [2.24, 2.45) is 5.92 Å². The van der Waals surface area contributed by atoms with Gasteiger partial charge >= 0.3 is 0 Å². The number of hydrogen-bond acceptors (Lipinski definition) is 4. The summed E-state index contributed by atoms with van der Waals surface area (Å²) in [4.78, 5) is 24.1. The minimum Gasteiger partial charge on any atom is -0.494 e. The minimum atomic E-state index is -0.0357. The maximum atomic E-state index is 12.0. The molecular formula is C22H27N3O3. The van der Waals surface area contributed by atoms with Crippen LogP contribution in [-0.2, 0) is 16.1 Å². The first-order valence-corrected chi connectivity index (χ1v) is 9.76.